The molecule has 43 heavy (non-hydrogen) atoms. The molecule has 0 atom stereocenters. The molecule has 1 aliphatic heterocycles. The van der Waals surface area contributed by atoms with Gasteiger partial charge >= 0.3 is 6.18 Å². The number of aliphatic hydroxyl groups is 1. The van der Waals surface area contributed by atoms with Gasteiger partial charge in [-0.25, -0.2) is 4.98 Å². The number of hydrogen-bond donors (Lipinski definition) is 4. The molecule has 10 nitrogen and oxygen atoms in total. The molecule has 222 valence electrons. The van der Waals surface area contributed by atoms with E-state index in [1.165, 1.54) is 12.4 Å². The van der Waals surface area contributed by atoms with Crippen molar-refractivity contribution in [2.75, 3.05) is 36.9 Å². The third-order valence-electron chi connectivity index (χ3n) is 6.84. The monoisotopic (exact) mass is 593 g/mol. The smallest absolute Gasteiger partial charge is 0.392 e. The first kappa shape index (κ1) is 29.5. The van der Waals surface area contributed by atoms with Crippen LogP contribution in [0.5, 0.6) is 0 Å². The van der Waals surface area contributed by atoms with Crippen LogP contribution in [0.1, 0.15) is 31.8 Å². The first-order valence-corrected chi connectivity index (χ1v) is 13.2. The van der Waals surface area contributed by atoms with Gasteiger partial charge in [0.25, 0.3) is 17.4 Å². The van der Waals surface area contributed by atoms with Gasteiger partial charge in [0.15, 0.2) is 0 Å². The van der Waals surface area contributed by atoms with Crippen LogP contribution < -0.4 is 16.2 Å². The SMILES string of the molecule is O=C(Nc1cccc(-c2c[nH]c(=O)c(Nc3ccc(C(=O)N4CCOCC4)cn3)c2)c1CO)c1ccc(C(F)(F)F)cc1. The number of aliphatic hydroxyl groups excluding tert-OH is 1. The third kappa shape index (κ3) is 6.74. The Morgan fingerprint density at radius 3 is 2.37 bits per heavy atom. The van der Waals surface area contributed by atoms with E-state index in [0.717, 1.165) is 24.3 Å². The molecule has 1 fully saturated rings. The Labute approximate surface area is 243 Å². The lowest BCUT2D eigenvalue weighted by Crippen LogP contribution is -2.40. The van der Waals surface area contributed by atoms with Gasteiger partial charge in [-0.3, -0.25) is 14.4 Å². The summed E-state index contributed by atoms with van der Waals surface area (Å²) in [5.74, 6) is -0.504. The van der Waals surface area contributed by atoms with Crippen LogP contribution in [0.3, 0.4) is 0 Å². The number of morpholine rings is 1. The summed E-state index contributed by atoms with van der Waals surface area (Å²) < 4.78 is 43.9. The molecule has 0 bridgehead atoms. The van der Waals surface area contributed by atoms with Gasteiger partial charge in [0.2, 0.25) is 0 Å². The summed E-state index contributed by atoms with van der Waals surface area (Å²) in [6.07, 6.45) is -1.66. The standard InChI is InChI=1S/C30H26F3N5O5/c31-30(32,33)21-7-4-18(5-8-21)27(40)37-24-3-1-2-22(23(24)17-39)20-14-25(28(41)35-16-20)36-26-9-6-19(15-34-26)29(42)38-10-12-43-13-11-38/h1-9,14-16,39H,10-13,17H2,(H,34,36)(H,35,41)(H,37,40). The van der Waals surface area contributed by atoms with E-state index in [1.54, 1.807) is 41.3 Å². The molecule has 0 unspecified atom stereocenters. The average Bonchev–Trinajstić information content (AvgIpc) is 3.02. The highest BCUT2D eigenvalue weighted by Crippen LogP contribution is 2.32. The van der Waals surface area contributed by atoms with Crippen LogP contribution in [0.15, 0.2) is 77.9 Å². The number of nitrogens with one attached hydrogen (secondary N) is 3. The summed E-state index contributed by atoms with van der Waals surface area (Å²) in [6, 6.07) is 13.4. The molecule has 0 saturated carbocycles. The number of alkyl halides is 3. The topological polar surface area (TPSA) is 137 Å². The summed E-state index contributed by atoms with van der Waals surface area (Å²) in [4.78, 5) is 46.6. The number of H-pyrrole nitrogens is 1. The lowest BCUT2D eigenvalue weighted by atomic mass is 9.99. The van der Waals surface area contributed by atoms with Crippen molar-refractivity contribution in [2.24, 2.45) is 0 Å². The number of benzene rings is 2. The fraction of sp³-hybridized carbons (Fsp3) is 0.200. The van der Waals surface area contributed by atoms with E-state index in [-0.39, 0.29) is 22.8 Å². The van der Waals surface area contributed by atoms with Crippen molar-refractivity contribution in [3.8, 4) is 11.1 Å². The number of carbonyl (C=O) groups is 2. The zero-order valence-electron chi connectivity index (χ0n) is 22.6. The van der Waals surface area contributed by atoms with Crippen LogP contribution in [-0.4, -0.2) is 58.1 Å². The number of rotatable bonds is 7. The molecule has 13 heteroatoms. The number of hydrogen-bond acceptors (Lipinski definition) is 7. The Hall–Kier alpha value is -5.01. The Morgan fingerprint density at radius 1 is 1.00 bits per heavy atom. The molecule has 2 amide bonds. The summed E-state index contributed by atoms with van der Waals surface area (Å²) >= 11 is 0. The van der Waals surface area contributed by atoms with Crippen LogP contribution in [0.2, 0.25) is 0 Å². The van der Waals surface area contributed by atoms with Crippen molar-refractivity contribution in [1.29, 1.82) is 0 Å². The first-order valence-electron chi connectivity index (χ1n) is 13.2. The molecule has 0 spiro atoms. The minimum Gasteiger partial charge on any atom is -0.392 e. The average molecular weight is 594 g/mol. The largest absolute Gasteiger partial charge is 0.416 e. The van der Waals surface area contributed by atoms with Crippen LogP contribution in [0, 0.1) is 0 Å². The number of aromatic nitrogens is 2. The summed E-state index contributed by atoms with van der Waals surface area (Å²) in [5.41, 5.74) is 0.773. The summed E-state index contributed by atoms with van der Waals surface area (Å²) in [5, 5.41) is 15.8. The fourth-order valence-corrected chi connectivity index (χ4v) is 4.56. The molecular weight excluding hydrogens is 567 g/mol. The minimum atomic E-state index is -4.53. The normalized spacial score (nSPS) is 13.4. The lowest BCUT2D eigenvalue weighted by Gasteiger charge is -2.26. The highest BCUT2D eigenvalue weighted by molar-refractivity contribution is 6.05. The molecule has 0 radical (unpaired) electrons. The lowest BCUT2D eigenvalue weighted by molar-refractivity contribution is -0.137. The molecule has 3 heterocycles. The Bertz CT molecular complexity index is 1680. The predicted octanol–water partition coefficient (Wildman–Crippen LogP) is 4.42. The molecule has 2 aromatic carbocycles. The number of amides is 2. The number of anilines is 3. The number of aromatic amines is 1. The van der Waals surface area contributed by atoms with Crippen molar-refractivity contribution in [3.63, 3.8) is 0 Å². The van der Waals surface area contributed by atoms with Gasteiger partial charge in [-0.05, 0) is 54.1 Å². The maximum absolute atomic E-state index is 12.9. The molecular formula is C30H26F3N5O5. The second-order valence-electron chi connectivity index (χ2n) is 9.61. The Kier molecular flexibility index (Phi) is 8.55. The van der Waals surface area contributed by atoms with Crippen molar-refractivity contribution < 1.29 is 32.6 Å². The summed E-state index contributed by atoms with van der Waals surface area (Å²) in [6.45, 7) is 1.46. The van der Waals surface area contributed by atoms with E-state index in [1.807, 2.05) is 0 Å². The van der Waals surface area contributed by atoms with Crippen LogP contribution >= 0.6 is 0 Å². The van der Waals surface area contributed by atoms with E-state index < -0.39 is 29.8 Å². The highest BCUT2D eigenvalue weighted by Gasteiger charge is 2.30. The zero-order chi connectivity index (χ0) is 30.6. The maximum atomic E-state index is 12.9. The second-order valence-corrected chi connectivity index (χ2v) is 9.61. The van der Waals surface area contributed by atoms with Gasteiger partial charge < -0.3 is 30.4 Å². The molecule has 0 aliphatic carbocycles. The van der Waals surface area contributed by atoms with Crippen LogP contribution in [-0.2, 0) is 17.5 Å². The fourth-order valence-electron chi connectivity index (χ4n) is 4.56. The van der Waals surface area contributed by atoms with Crippen molar-refractivity contribution in [2.45, 2.75) is 12.8 Å². The van der Waals surface area contributed by atoms with Gasteiger partial charge in [-0.2, -0.15) is 13.2 Å². The van der Waals surface area contributed by atoms with Gasteiger partial charge in [0, 0.05) is 47.9 Å². The summed E-state index contributed by atoms with van der Waals surface area (Å²) in [7, 11) is 0. The number of halogens is 3. The Morgan fingerprint density at radius 2 is 1.72 bits per heavy atom. The number of nitrogens with zero attached hydrogens (tertiary/aromatic N) is 2. The quantitative estimate of drug-likeness (QED) is 0.249. The van der Waals surface area contributed by atoms with E-state index >= 15 is 0 Å². The molecule has 4 N–H and O–H groups in total. The van der Waals surface area contributed by atoms with Gasteiger partial charge in [-0.1, -0.05) is 12.1 Å². The van der Waals surface area contributed by atoms with E-state index in [4.69, 9.17) is 4.74 Å². The molecule has 4 aromatic rings. The van der Waals surface area contributed by atoms with Crippen molar-refractivity contribution >= 4 is 29.0 Å². The molecule has 1 aliphatic rings. The third-order valence-corrected chi connectivity index (χ3v) is 6.84. The van der Waals surface area contributed by atoms with Gasteiger partial charge in [0.05, 0.1) is 30.9 Å². The number of pyridine rings is 2. The van der Waals surface area contributed by atoms with Crippen molar-refractivity contribution in [1.82, 2.24) is 14.9 Å². The van der Waals surface area contributed by atoms with Gasteiger partial charge in [-0.15, -0.1) is 0 Å². The molecule has 1 saturated heterocycles. The second kappa shape index (κ2) is 12.5. The maximum Gasteiger partial charge on any atom is 0.416 e. The number of carbonyl (C=O) groups excluding carboxylic acids is 2. The highest BCUT2D eigenvalue weighted by atomic mass is 19.4. The van der Waals surface area contributed by atoms with Crippen molar-refractivity contribution in [3.05, 3.63) is 106 Å². The van der Waals surface area contributed by atoms with E-state index in [2.05, 4.69) is 20.6 Å². The molecule has 2 aromatic heterocycles. The first-order chi connectivity index (χ1) is 20.6. The van der Waals surface area contributed by atoms with Crippen LogP contribution in [0.4, 0.5) is 30.4 Å². The van der Waals surface area contributed by atoms with E-state index in [9.17, 15) is 32.7 Å². The number of ether oxygens (including phenoxy) is 1. The van der Waals surface area contributed by atoms with E-state index in [0.29, 0.717) is 54.4 Å². The molecule has 5 rings (SSSR count). The minimum absolute atomic E-state index is 0.00276. The zero-order valence-corrected chi connectivity index (χ0v) is 22.6. The van der Waals surface area contributed by atoms with Gasteiger partial charge in [0.1, 0.15) is 11.5 Å². The Balaban J connectivity index is 1.35. The van der Waals surface area contributed by atoms with Crippen LogP contribution in [0.25, 0.3) is 11.1 Å². The predicted molar refractivity (Wildman–Crippen MR) is 152 cm³/mol.